The van der Waals surface area contributed by atoms with Crippen molar-refractivity contribution in [1.82, 2.24) is 15.3 Å². The molecule has 7 nitrogen and oxygen atoms in total. The van der Waals surface area contributed by atoms with E-state index in [0.717, 1.165) is 11.3 Å². The summed E-state index contributed by atoms with van der Waals surface area (Å²) in [5, 5.41) is 6.07. The molecular weight excluding hydrogens is 397 g/mol. The van der Waals surface area contributed by atoms with Crippen molar-refractivity contribution in [3.05, 3.63) is 59.3 Å². The number of pyridine rings is 1. The maximum atomic E-state index is 14.3. The van der Waals surface area contributed by atoms with Gasteiger partial charge in [-0.15, -0.1) is 0 Å². The van der Waals surface area contributed by atoms with Crippen molar-refractivity contribution in [2.24, 2.45) is 5.73 Å². The molecule has 3 heterocycles. The molecule has 5 N–H and O–H groups in total. The van der Waals surface area contributed by atoms with Gasteiger partial charge in [0, 0.05) is 36.6 Å². The van der Waals surface area contributed by atoms with Crippen molar-refractivity contribution in [1.29, 1.82) is 0 Å². The van der Waals surface area contributed by atoms with Gasteiger partial charge in [0.1, 0.15) is 0 Å². The Balaban J connectivity index is 1.91. The van der Waals surface area contributed by atoms with Crippen molar-refractivity contribution in [2.75, 3.05) is 19.0 Å². The number of ether oxygens (including phenoxy) is 1. The Kier molecular flexibility index (Phi) is 5.60. The van der Waals surface area contributed by atoms with Gasteiger partial charge in [-0.3, -0.25) is 9.78 Å². The molecule has 0 saturated carbocycles. The Morgan fingerprint density at radius 3 is 2.97 bits per heavy atom. The zero-order valence-electron chi connectivity index (χ0n) is 17.2. The number of nitrogens with zero attached hydrogens (tertiary/aromatic N) is 1. The number of carbonyl (C=O) groups excluding carboxylic acids is 1. The van der Waals surface area contributed by atoms with Crippen LogP contribution < -0.4 is 21.1 Å². The Labute approximate surface area is 179 Å². The van der Waals surface area contributed by atoms with Gasteiger partial charge in [0.2, 0.25) is 0 Å². The lowest BCUT2D eigenvalue weighted by atomic mass is 10.0. The van der Waals surface area contributed by atoms with Crippen LogP contribution in [0.3, 0.4) is 0 Å². The highest BCUT2D eigenvalue weighted by Gasteiger charge is 2.28. The van der Waals surface area contributed by atoms with Crippen LogP contribution in [0, 0.1) is 17.7 Å². The fourth-order valence-corrected chi connectivity index (χ4v) is 3.56. The summed E-state index contributed by atoms with van der Waals surface area (Å²) >= 11 is 0. The predicted molar refractivity (Wildman–Crippen MR) is 117 cm³/mol. The van der Waals surface area contributed by atoms with E-state index in [1.165, 1.54) is 13.2 Å². The Morgan fingerprint density at radius 2 is 2.19 bits per heavy atom. The Hall–Kier alpha value is -3.83. The molecule has 158 valence electrons. The first kappa shape index (κ1) is 20.4. The maximum absolute atomic E-state index is 14.3. The molecule has 3 aromatic rings. The van der Waals surface area contributed by atoms with Crippen LogP contribution in [0.5, 0.6) is 5.75 Å². The molecule has 1 atom stereocenters. The van der Waals surface area contributed by atoms with Crippen molar-refractivity contribution in [3.8, 4) is 28.8 Å². The number of carbonyl (C=O) groups is 1. The molecule has 0 radical (unpaired) electrons. The quantitative estimate of drug-likeness (QED) is 0.487. The molecule has 1 aliphatic heterocycles. The second-order valence-corrected chi connectivity index (χ2v) is 7.16. The van der Waals surface area contributed by atoms with E-state index in [1.54, 1.807) is 31.5 Å². The molecule has 0 spiro atoms. The zero-order valence-corrected chi connectivity index (χ0v) is 17.2. The summed E-state index contributed by atoms with van der Waals surface area (Å²) in [6.07, 6.45) is 3.94. The average Bonchev–Trinajstić information content (AvgIpc) is 3.12. The predicted octanol–water partition coefficient (Wildman–Crippen LogP) is 2.95. The number of hydrogen-bond donors (Lipinski definition) is 4. The first-order valence-corrected chi connectivity index (χ1v) is 9.83. The highest BCUT2D eigenvalue weighted by Crippen LogP contribution is 2.40. The highest BCUT2D eigenvalue weighted by atomic mass is 19.1. The molecule has 4 rings (SSSR count). The molecule has 1 aromatic carbocycles. The SMILES string of the molecule is COc1c(F)cccc1Nc1c(-c2ccncc2C#C[C@H](C)N)[nH]c2c1C(=O)NCC2. The molecular formula is C23H22FN5O2. The molecule has 0 fully saturated rings. The topological polar surface area (TPSA) is 105 Å². The second kappa shape index (κ2) is 8.50. The van der Waals surface area contributed by atoms with Crippen LogP contribution in [0.15, 0.2) is 36.7 Å². The van der Waals surface area contributed by atoms with Gasteiger partial charge in [-0.1, -0.05) is 17.9 Å². The molecule has 1 aliphatic rings. The Morgan fingerprint density at radius 1 is 1.35 bits per heavy atom. The molecule has 0 aliphatic carbocycles. The Bertz CT molecular complexity index is 1210. The van der Waals surface area contributed by atoms with E-state index in [9.17, 15) is 9.18 Å². The van der Waals surface area contributed by atoms with E-state index in [2.05, 4.69) is 32.4 Å². The van der Waals surface area contributed by atoms with Gasteiger partial charge < -0.3 is 26.1 Å². The smallest absolute Gasteiger partial charge is 0.255 e. The first-order valence-electron chi connectivity index (χ1n) is 9.83. The number of benzene rings is 1. The number of aromatic amines is 1. The number of hydrogen-bond acceptors (Lipinski definition) is 5. The minimum absolute atomic E-state index is 0.0614. The lowest BCUT2D eigenvalue weighted by molar-refractivity contribution is 0.0947. The summed E-state index contributed by atoms with van der Waals surface area (Å²) in [5.41, 5.74) is 10.1. The van der Waals surface area contributed by atoms with Crippen molar-refractivity contribution >= 4 is 17.3 Å². The number of rotatable bonds is 4. The lowest BCUT2D eigenvalue weighted by Gasteiger charge is -2.16. The second-order valence-electron chi connectivity index (χ2n) is 7.16. The third-order valence-corrected chi connectivity index (χ3v) is 4.92. The van der Waals surface area contributed by atoms with E-state index in [1.807, 2.05) is 6.07 Å². The number of fused-ring (bicyclic) bond motifs is 1. The van der Waals surface area contributed by atoms with Crippen molar-refractivity contribution in [3.63, 3.8) is 0 Å². The molecule has 31 heavy (non-hydrogen) atoms. The number of amides is 1. The molecule has 1 amide bonds. The zero-order chi connectivity index (χ0) is 22.0. The number of halogens is 1. The van der Waals surface area contributed by atoms with E-state index in [4.69, 9.17) is 10.5 Å². The van der Waals surface area contributed by atoms with Crippen LogP contribution in [0.25, 0.3) is 11.3 Å². The van der Waals surface area contributed by atoms with E-state index in [-0.39, 0.29) is 17.7 Å². The van der Waals surface area contributed by atoms with Crippen LogP contribution in [0.2, 0.25) is 0 Å². The fourth-order valence-electron chi connectivity index (χ4n) is 3.56. The van der Waals surface area contributed by atoms with Gasteiger partial charge in [-0.05, 0) is 25.1 Å². The molecule has 0 bridgehead atoms. The first-order chi connectivity index (χ1) is 15.0. The number of para-hydroxylation sites is 1. The third-order valence-electron chi connectivity index (χ3n) is 4.92. The van der Waals surface area contributed by atoms with Crippen LogP contribution in [-0.4, -0.2) is 35.6 Å². The number of nitrogens with one attached hydrogen (secondary N) is 3. The van der Waals surface area contributed by atoms with Crippen LogP contribution in [0.4, 0.5) is 15.8 Å². The summed E-state index contributed by atoms with van der Waals surface area (Å²) in [5.74, 6) is 5.34. The minimum atomic E-state index is -0.504. The fraction of sp³-hybridized carbons (Fsp3) is 0.217. The summed E-state index contributed by atoms with van der Waals surface area (Å²) in [7, 11) is 1.40. The van der Waals surface area contributed by atoms with Gasteiger partial charge in [0.25, 0.3) is 5.91 Å². The number of methoxy groups -OCH3 is 1. The largest absolute Gasteiger partial charge is 0.492 e. The summed E-state index contributed by atoms with van der Waals surface area (Å²) < 4.78 is 19.5. The molecule has 8 heteroatoms. The van der Waals surface area contributed by atoms with Gasteiger partial charge >= 0.3 is 0 Å². The van der Waals surface area contributed by atoms with Crippen molar-refractivity contribution in [2.45, 2.75) is 19.4 Å². The summed E-state index contributed by atoms with van der Waals surface area (Å²) in [4.78, 5) is 20.3. The van der Waals surface area contributed by atoms with E-state index >= 15 is 0 Å². The van der Waals surface area contributed by atoms with Crippen molar-refractivity contribution < 1.29 is 13.9 Å². The number of aromatic nitrogens is 2. The normalized spacial score (nSPS) is 13.5. The lowest BCUT2D eigenvalue weighted by Crippen LogP contribution is -2.31. The number of nitrogens with two attached hydrogens (primary N) is 1. The minimum Gasteiger partial charge on any atom is -0.492 e. The molecule has 0 unspecified atom stereocenters. The molecule has 0 saturated heterocycles. The summed E-state index contributed by atoms with van der Waals surface area (Å²) in [6.45, 7) is 2.33. The number of anilines is 2. The van der Waals surface area contributed by atoms with Gasteiger partial charge in [0.05, 0.1) is 41.3 Å². The highest BCUT2D eigenvalue weighted by molar-refractivity contribution is 6.06. The summed E-state index contributed by atoms with van der Waals surface area (Å²) in [6, 6.07) is 6.09. The van der Waals surface area contributed by atoms with Crippen LogP contribution in [-0.2, 0) is 6.42 Å². The number of H-pyrrole nitrogens is 1. The van der Waals surface area contributed by atoms with Gasteiger partial charge in [0.15, 0.2) is 11.6 Å². The van der Waals surface area contributed by atoms with Gasteiger partial charge in [-0.25, -0.2) is 4.39 Å². The monoisotopic (exact) mass is 419 g/mol. The van der Waals surface area contributed by atoms with E-state index in [0.29, 0.717) is 41.2 Å². The standard InChI is InChI=1S/C23H22FN5O2/c1-13(25)6-7-14-12-26-10-8-15(14)20-21(19-17(28-20)9-11-27-23(19)30)29-18-5-3-4-16(24)22(18)31-2/h3-5,8,10,12-13,28-29H,9,11,25H2,1-2H3,(H,27,30)/t13-/m0/s1. The average molecular weight is 419 g/mol. The maximum Gasteiger partial charge on any atom is 0.255 e. The van der Waals surface area contributed by atoms with Crippen LogP contribution >= 0.6 is 0 Å². The van der Waals surface area contributed by atoms with E-state index < -0.39 is 5.82 Å². The van der Waals surface area contributed by atoms with Gasteiger partial charge in [-0.2, -0.15) is 0 Å². The third kappa shape index (κ3) is 3.96. The van der Waals surface area contributed by atoms with Crippen LogP contribution in [0.1, 0.15) is 28.5 Å². The molecule has 2 aromatic heterocycles.